The molecule has 6 heteroatoms. The number of hydrogen-bond donors (Lipinski definition) is 1. The maximum absolute atomic E-state index is 10.5. The Bertz CT molecular complexity index is 469. The second kappa shape index (κ2) is 6.21. The van der Waals surface area contributed by atoms with Crippen LogP contribution in [0.2, 0.25) is 0 Å². The van der Waals surface area contributed by atoms with Gasteiger partial charge in [0.05, 0.1) is 17.0 Å². The van der Waals surface area contributed by atoms with Crippen molar-refractivity contribution >= 4 is 17.7 Å². The molecule has 1 aromatic heterocycles. The lowest BCUT2D eigenvalue weighted by atomic mass is 10.1. The Kier molecular flexibility index (Phi) is 4.91. The highest BCUT2D eigenvalue weighted by molar-refractivity contribution is 7.99. The summed E-state index contributed by atoms with van der Waals surface area (Å²) in [5, 5.41) is 26.1. The summed E-state index contributed by atoms with van der Waals surface area (Å²) in [7, 11) is 0. The van der Waals surface area contributed by atoms with Gasteiger partial charge in [0.15, 0.2) is 0 Å². The standard InChI is InChI=1S/C11H13N3O2S/c1-3-7-8(5-12)11(17-6-10(15)16)14-13-9(7)4-2/h3-4,6H2,1-2H3,(H,15,16). The molecule has 0 atom stereocenters. The molecule has 1 heterocycles. The minimum Gasteiger partial charge on any atom is -0.481 e. The Hall–Kier alpha value is -1.61. The van der Waals surface area contributed by atoms with Crippen LogP contribution in [0.15, 0.2) is 5.03 Å². The Morgan fingerprint density at radius 3 is 2.59 bits per heavy atom. The van der Waals surface area contributed by atoms with Crippen LogP contribution in [0.1, 0.15) is 30.7 Å². The largest absolute Gasteiger partial charge is 0.481 e. The SMILES string of the molecule is CCc1nnc(SCC(=O)O)c(C#N)c1CC. The van der Waals surface area contributed by atoms with Crippen LogP contribution in [-0.4, -0.2) is 27.0 Å². The maximum atomic E-state index is 10.5. The lowest BCUT2D eigenvalue weighted by molar-refractivity contribution is -0.133. The fraction of sp³-hybridized carbons (Fsp3) is 0.455. The minimum atomic E-state index is -0.932. The van der Waals surface area contributed by atoms with Gasteiger partial charge in [-0.1, -0.05) is 25.6 Å². The molecule has 0 amide bonds. The summed E-state index contributed by atoms with van der Waals surface area (Å²) in [6.45, 7) is 3.90. The van der Waals surface area contributed by atoms with Crippen LogP contribution in [0.4, 0.5) is 0 Å². The number of rotatable bonds is 5. The molecule has 0 bridgehead atoms. The molecule has 0 aliphatic heterocycles. The normalized spacial score (nSPS) is 9.94. The van der Waals surface area contributed by atoms with Gasteiger partial charge in [-0.2, -0.15) is 10.4 Å². The fourth-order valence-corrected chi connectivity index (χ4v) is 2.17. The van der Waals surface area contributed by atoms with Gasteiger partial charge >= 0.3 is 5.97 Å². The summed E-state index contributed by atoms with van der Waals surface area (Å²) in [6.07, 6.45) is 1.41. The molecule has 1 N–H and O–H groups in total. The second-order valence-corrected chi connectivity index (χ2v) is 4.27. The first kappa shape index (κ1) is 13.5. The van der Waals surface area contributed by atoms with E-state index in [4.69, 9.17) is 10.4 Å². The van der Waals surface area contributed by atoms with Gasteiger partial charge in [-0.15, -0.1) is 5.10 Å². The van der Waals surface area contributed by atoms with Crippen LogP contribution >= 0.6 is 11.8 Å². The molecule has 5 nitrogen and oxygen atoms in total. The Balaban J connectivity index is 3.15. The number of carboxylic acids is 1. The van der Waals surface area contributed by atoms with Crippen molar-refractivity contribution in [3.05, 3.63) is 16.8 Å². The summed E-state index contributed by atoms with van der Waals surface area (Å²) in [5.41, 5.74) is 2.15. The first-order valence-corrected chi connectivity index (χ1v) is 6.25. The van der Waals surface area contributed by atoms with E-state index in [1.165, 1.54) is 0 Å². The number of carbonyl (C=O) groups is 1. The number of nitrogens with zero attached hydrogens (tertiary/aromatic N) is 3. The van der Waals surface area contributed by atoms with Crippen LogP contribution in [0.25, 0.3) is 0 Å². The third-order valence-electron chi connectivity index (χ3n) is 2.26. The van der Waals surface area contributed by atoms with Crippen molar-refractivity contribution in [2.75, 3.05) is 5.75 Å². The molecule has 1 rings (SSSR count). The number of aryl methyl sites for hydroxylation is 1. The summed E-state index contributed by atoms with van der Waals surface area (Å²) in [6, 6.07) is 2.10. The monoisotopic (exact) mass is 251 g/mol. The van der Waals surface area contributed by atoms with E-state index in [0.29, 0.717) is 23.4 Å². The molecule has 0 radical (unpaired) electrons. The number of thioether (sulfide) groups is 1. The van der Waals surface area contributed by atoms with Crippen molar-refractivity contribution in [1.82, 2.24) is 10.2 Å². The van der Waals surface area contributed by atoms with E-state index in [1.807, 2.05) is 13.8 Å². The van der Waals surface area contributed by atoms with E-state index in [2.05, 4.69) is 16.3 Å². The molecule has 90 valence electrons. The molecule has 0 spiro atoms. The molecule has 1 aromatic rings. The predicted octanol–water partition coefficient (Wildman–Crippen LogP) is 1.65. The van der Waals surface area contributed by atoms with E-state index in [-0.39, 0.29) is 5.75 Å². The number of nitriles is 1. The van der Waals surface area contributed by atoms with Gasteiger partial charge in [-0.05, 0) is 18.4 Å². The quantitative estimate of drug-likeness (QED) is 0.801. The van der Waals surface area contributed by atoms with E-state index < -0.39 is 5.97 Å². The third-order valence-corrected chi connectivity index (χ3v) is 3.21. The number of carboxylic acid groups (broad SMARTS) is 1. The smallest absolute Gasteiger partial charge is 0.313 e. The first-order valence-electron chi connectivity index (χ1n) is 5.27. The molecule has 0 saturated heterocycles. The Morgan fingerprint density at radius 2 is 2.12 bits per heavy atom. The second-order valence-electron chi connectivity index (χ2n) is 3.31. The van der Waals surface area contributed by atoms with Gasteiger partial charge in [-0.25, -0.2) is 0 Å². The molecular formula is C11H13N3O2S. The summed E-state index contributed by atoms with van der Waals surface area (Å²) < 4.78 is 0. The molecular weight excluding hydrogens is 238 g/mol. The molecule has 0 aromatic carbocycles. The van der Waals surface area contributed by atoms with Crippen LogP contribution in [0.5, 0.6) is 0 Å². The molecule has 17 heavy (non-hydrogen) atoms. The van der Waals surface area contributed by atoms with Crippen molar-refractivity contribution in [3.63, 3.8) is 0 Å². The van der Waals surface area contributed by atoms with Crippen LogP contribution < -0.4 is 0 Å². The van der Waals surface area contributed by atoms with Crippen molar-refractivity contribution in [2.45, 2.75) is 31.7 Å². The Morgan fingerprint density at radius 1 is 1.41 bits per heavy atom. The molecule has 0 aliphatic rings. The van der Waals surface area contributed by atoms with Crippen molar-refractivity contribution in [3.8, 4) is 6.07 Å². The molecule has 0 aliphatic carbocycles. The lowest BCUT2D eigenvalue weighted by Gasteiger charge is -2.08. The van der Waals surface area contributed by atoms with Crippen molar-refractivity contribution < 1.29 is 9.90 Å². The van der Waals surface area contributed by atoms with E-state index in [9.17, 15) is 4.79 Å². The van der Waals surface area contributed by atoms with Crippen molar-refractivity contribution in [2.24, 2.45) is 0 Å². The number of aromatic nitrogens is 2. The van der Waals surface area contributed by atoms with Gasteiger partial charge in [0.2, 0.25) is 0 Å². The number of aliphatic carboxylic acids is 1. The topological polar surface area (TPSA) is 86.9 Å². The minimum absolute atomic E-state index is 0.113. The molecule has 0 fully saturated rings. The number of hydrogen-bond acceptors (Lipinski definition) is 5. The van der Waals surface area contributed by atoms with Gasteiger partial charge < -0.3 is 5.11 Å². The molecule has 0 saturated carbocycles. The predicted molar refractivity (Wildman–Crippen MR) is 63.9 cm³/mol. The lowest BCUT2D eigenvalue weighted by Crippen LogP contribution is -2.06. The highest BCUT2D eigenvalue weighted by Gasteiger charge is 2.15. The highest BCUT2D eigenvalue weighted by Crippen LogP contribution is 2.24. The summed E-state index contributed by atoms with van der Waals surface area (Å²) in [4.78, 5) is 10.5. The van der Waals surface area contributed by atoms with Crippen LogP contribution in [0.3, 0.4) is 0 Å². The van der Waals surface area contributed by atoms with E-state index >= 15 is 0 Å². The van der Waals surface area contributed by atoms with Crippen LogP contribution in [0, 0.1) is 11.3 Å². The van der Waals surface area contributed by atoms with Gasteiger partial charge in [0, 0.05) is 0 Å². The average Bonchev–Trinajstić information content (AvgIpc) is 2.34. The third kappa shape index (κ3) is 3.17. The maximum Gasteiger partial charge on any atom is 0.313 e. The Labute approximate surface area is 104 Å². The summed E-state index contributed by atoms with van der Waals surface area (Å²) in [5.74, 6) is -1.05. The van der Waals surface area contributed by atoms with E-state index in [0.717, 1.165) is 23.0 Å². The molecule has 0 unspecified atom stereocenters. The first-order chi connectivity index (χ1) is 8.13. The average molecular weight is 251 g/mol. The zero-order chi connectivity index (χ0) is 12.8. The highest BCUT2D eigenvalue weighted by atomic mass is 32.2. The fourth-order valence-electron chi connectivity index (χ4n) is 1.50. The summed E-state index contributed by atoms with van der Waals surface area (Å²) >= 11 is 1.03. The van der Waals surface area contributed by atoms with E-state index in [1.54, 1.807) is 0 Å². The van der Waals surface area contributed by atoms with Crippen LogP contribution in [-0.2, 0) is 17.6 Å². The van der Waals surface area contributed by atoms with Gasteiger partial charge in [-0.3, -0.25) is 4.79 Å². The van der Waals surface area contributed by atoms with Crippen molar-refractivity contribution in [1.29, 1.82) is 5.26 Å². The zero-order valence-corrected chi connectivity index (χ0v) is 10.5. The van der Waals surface area contributed by atoms with Gasteiger partial charge in [0.1, 0.15) is 11.1 Å². The zero-order valence-electron chi connectivity index (χ0n) is 9.73. The van der Waals surface area contributed by atoms with Gasteiger partial charge in [0.25, 0.3) is 0 Å².